The molecule has 2 N–H and O–H groups in total. The molecule has 2 rings (SSSR count). The minimum atomic E-state index is -0.608. The van der Waals surface area contributed by atoms with Crippen LogP contribution in [-0.2, 0) is 4.74 Å². The molecule has 1 aliphatic rings. The van der Waals surface area contributed by atoms with Crippen molar-refractivity contribution in [2.75, 3.05) is 13.2 Å². The van der Waals surface area contributed by atoms with Crippen molar-refractivity contribution in [3.05, 3.63) is 41.2 Å². The third-order valence-electron chi connectivity index (χ3n) is 4.78. The van der Waals surface area contributed by atoms with E-state index < -0.39 is 17.5 Å². The zero-order valence-electron chi connectivity index (χ0n) is 18.3. The summed E-state index contributed by atoms with van der Waals surface area (Å²) >= 11 is 0. The van der Waals surface area contributed by atoms with Gasteiger partial charge in [-0.05, 0) is 70.4 Å². The second-order valence-corrected chi connectivity index (χ2v) is 8.66. The molecule has 0 bridgehead atoms. The summed E-state index contributed by atoms with van der Waals surface area (Å²) < 4.78 is 24.8. The number of alkyl carbamates (subject to hydrolysis) is 1. The Labute approximate surface area is 178 Å². The predicted octanol–water partition coefficient (Wildman–Crippen LogP) is 4.90. The molecule has 7 heteroatoms. The van der Waals surface area contributed by atoms with Crippen LogP contribution in [0.2, 0.25) is 0 Å². The fourth-order valence-corrected chi connectivity index (χ4v) is 3.10. The molecule has 0 aromatic heterocycles. The predicted molar refractivity (Wildman–Crippen MR) is 114 cm³/mol. The lowest BCUT2D eigenvalue weighted by Crippen LogP contribution is -2.36. The normalized spacial score (nSPS) is 15.8. The van der Waals surface area contributed by atoms with E-state index in [0.717, 1.165) is 25.7 Å². The van der Waals surface area contributed by atoms with Crippen LogP contribution >= 0.6 is 0 Å². The molecule has 0 unspecified atom stereocenters. The van der Waals surface area contributed by atoms with Crippen molar-refractivity contribution in [3.8, 4) is 5.75 Å². The molecule has 1 saturated carbocycles. The molecule has 0 spiro atoms. The van der Waals surface area contributed by atoms with Gasteiger partial charge in [-0.1, -0.05) is 19.3 Å². The van der Waals surface area contributed by atoms with Crippen molar-refractivity contribution < 1.29 is 23.5 Å². The van der Waals surface area contributed by atoms with Gasteiger partial charge in [-0.2, -0.15) is 0 Å². The van der Waals surface area contributed by atoms with Crippen LogP contribution in [0.1, 0.15) is 70.2 Å². The lowest BCUT2D eigenvalue weighted by molar-refractivity contribution is 0.0532. The first kappa shape index (κ1) is 23.7. The van der Waals surface area contributed by atoms with Gasteiger partial charge in [0.2, 0.25) is 0 Å². The number of carbonyl (C=O) groups is 2. The topological polar surface area (TPSA) is 76.7 Å². The standard InChI is InChI=1S/C23H33FN2O4/c1-16(14-25-22(28)30-23(2,3)4)20(24)15-29-19-12-10-17(11-13-19)21(27)26-18-8-6-5-7-9-18/h10-13,18H,5-9,14-15H2,1-4H3,(H,25,28)(H,26,27). The number of nitrogens with one attached hydrogen (secondary N) is 2. The van der Waals surface area contributed by atoms with Gasteiger partial charge in [0.25, 0.3) is 5.91 Å². The van der Waals surface area contributed by atoms with E-state index in [-0.39, 0.29) is 25.1 Å². The molecule has 0 saturated heterocycles. The molecule has 0 atom stereocenters. The Balaban J connectivity index is 1.79. The number of hydrogen-bond donors (Lipinski definition) is 2. The SMILES string of the molecule is CC(CNC(=O)OC(C)(C)C)=C(F)COc1ccc(C(=O)NC2CCCCC2)cc1. The summed E-state index contributed by atoms with van der Waals surface area (Å²) in [4.78, 5) is 24.0. The maximum atomic E-state index is 14.2. The highest BCUT2D eigenvalue weighted by molar-refractivity contribution is 5.94. The lowest BCUT2D eigenvalue weighted by Gasteiger charge is -2.22. The van der Waals surface area contributed by atoms with E-state index in [2.05, 4.69) is 10.6 Å². The van der Waals surface area contributed by atoms with E-state index in [1.807, 2.05) is 0 Å². The Morgan fingerprint density at radius 3 is 2.33 bits per heavy atom. The van der Waals surface area contributed by atoms with Crippen LogP contribution in [0.5, 0.6) is 5.75 Å². The molecule has 30 heavy (non-hydrogen) atoms. The Morgan fingerprint density at radius 1 is 1.10 bits per heavy atom. The lowest BCUT2D eigenvalue weighted by atomic mass is 9.95. The van der Waals surface area contributed by atoms with E-state index in [1.165, 1.54) is 6.42 Å². The van der Waals surface area contributed by atoms with Crippen LogP contribution in [0.15, 0.2) is 35.7 Å². The van der Waals surface area contributed by atoms with Crippen LogP contribution in [0.25, 0.3) is 0 Å². The fourth-order valence-electron chi connectivity index (χ4n) is 3.10. The molecular formula is C23H33FN2O4. The molecule has 1 aromatic rings. The van der Waals surface area contributed by atoms with E-state index in [9.17, 15) is 14.0 Å². The van der Waals surface area contributed by atoms with Crippen LogP contribution in [0, 0.1) is 0 Å². The van der Waals surface area contributed by atoms with Crippen LogP contribution < -0.4 is 15.4 Å². The molecule has 1 aromatic carbocycles. The van der Waals surface area contributed by atoms with Gasteiger partial charge in [0.15, 0.2) is 0 Å². The van der Waals surface area contributed by atoms with Crippen molar-refractivity contribution in [3.63, 3.8) is 0 Å². The van der Waals surface area contributed by atoms with Gasteiger partial charge in [0, 0.05) is 18.2 Å². The summed E-state index contributed by atoms with van der Waals surface area (Å²) in [5.41, 5.74) is 0.300. The van der Waals surface area contributed by atoms with E-state index in [1.54, 1.807) is 52.0 Å². The third-order valence-corrected chi connectivity index (χ3v) is 4.78. The van der Waals surface area contributed by atoms with E-state index in [0.29, 0.717) is 16.9 Å². The second kappa shape index (κ2) is 11.0. The number of hydrogen-bond acceptors (Lipinski definition) is 4. The number of amides is 2. The molecule has 0 aliphatic heterocycles. The van der Waals surface area contributed by atoms with Gasteiger partial charge in [0.05, 0.1) is 0 Å². The molecule has 0 heterocycles. The summed E-state index contributed by atoms with van der Waals surface area (Å²) in [5, 5.41) is 5.58. The molecule has 166 valence electrons. The first-order valence-electron chi connectivity index (χ1n) is 10.5. The minimum Gasteiger partial charge on any atom is -0.487 e. The van der Waals surface area contributed by atoms with Gasteiger partial charge in [-0.15, -0.1) is 0 Å². The monoisotopic (exact) mass is 420 g/mol. The number of carbonyl (C=O) groups excluding carboxylic acids is 2. The first-order valence-corrected chi connectivity index (χ1v) is 10.5. The van der Waals surface area contributed by atoms with E-state index >= 15 is 0 Å². The highest BCUT2D eigenvalue weighted by atomic mass is 19.1. The summed E-state index contributed by atoms with van der Waals surface area (Å²) in [6.07, 6.45) is 5.01. The number of ether oxygens (including phenoxy) is 2. The fraction of sp³-hybridized carbons (Fsp3) is 0.565. The van der Waals surface area contributed by atoms with Gasteiger partial charge in [-0.25, -0.2) is 9.18 Å². The largest absolute Gasteiger partial charge is 0.487 e. The van der Waals surface area contributed by atoms with Gasteiger partial charge in [-0.3, -0.25) is 4.79 Å². The van der Waals surface area contributed by atoms with Crippen molar-refractivity contribution in [2.45, 2.75) is 71.4 Å². The molecule has 0 radical (unpaired) electrons. The molecular weight excluding hydrogens is 387 g/mol. The highest BCUT2D eigenvalue weighted by Crippen LogP contribution is 2.19. The summed E-state index contributed by atoms with van der Waals surface area (Å²) in [5.74, 6) is -0.0963. The molecule has 1 fully saturated rings. The number of benzene rings is 1. The van der Waals surface area contributed by atoms with Gasteiger partial charge in [0.1, 0.15) is 23.8 Å². The Morgan fingerprint density at radius 2 is 1.73 bits per heavy atom. The summed E-state index contributed by atoms with van der Waals surface area (Å²) in [7, 11) is 0. The third kappa shape index (κ3) is 8.43. The van der Waals surface area contributed by atoms with Crippen molar-refractivity contribution in [1.29, 1.82) is 0 Å². The Kier molecular flexibility index (Phi) is 8.69. The average Bonchev–Trinajstić information content (AvgIpc) is 2.70. The zero-order chi connectivity index (χ0) is 22.1. The molecule has 1 aliphatic carbocycles. The maximum absolute atomic E-state index is 14.2. The zero-order valence-corrected chi connectivity index (χ0v) is 18.3. The van der Waals surface area contributed by atoms with Gasteiger partial charge >= 0.3 is 6.09 Å². The van der Waals surface area contributed by atoms with E-state index in [4.69, 9.17) is 9.47 Å². The maximum Gasteiger partial charge on any atom is 0.407 e. The Bertz CT molecular complexity index is 747. The summed E-state index contributed by atoms with van der Waals surface area (Å²) in [6, 6.07) is 6.89. The van der Waals surface area contributed by atoms with Crippen molar-refractivity contribution in [1.82, 2.24) is 10.6 Å². The van der Waals surface area contributed by atoms with Gasteiger partial charge < -0.3 is 20.1 Å². The van der Waals surface area contributed by atoms with Crippen molar-refractivity contribution >= 4 is 12.0 Å². The molecule has 6 nitrogen and oxygen atoms in total. The van der Waals surface area contributed by atoms with Crippen LogP contribution in [-0.4, -0.2) is 36.8 Å². The quantitative estimate of drug-likeness (QED) is 0.658. The Hall–Kier alpha value is -2.57. The minimum absolute atomic E-state index is 0.0321. The second-order valence-electron chi connectivity index (χ2n) is 8.66. The molecule has 2 amide bonds. The number of halogens is 1. The average molecular weight is 421 g/mol. The van der Waals surface area contributed by atoms with Crippen molar-refractivity contribution in [2.24, 2.45) is 0 Å². The first-order chi connectivity index (χ1) is 14.1. The highest BCUT2D eigenvalue weighted by Gasteiger charge is 2.17. The van der Waals surface area contributed by atoms with Crippen LogP contribution in [0.4, 0.5) is 9.18 Å². The smallest absolute Gasteiger partial charge is 0.407 e. The summed E-state index contributed by atoms with van der Waals surface area (Å²) in [6.45, 7) is 6.63. The van der Waals surface area contributed by atoms with Crippen LogP contribution in [0.3, 0.4) is 0 Å². The number of rotatable bonds is 7.